The van der Waals surface area contributed by atoms with Crippen molar-refractivity contribution in [1.82, 2.24) is 10.7 Å². The van der Waals surface area contributed by atoms with Crippen molar-refractivity contribution in [1.29, 1.82) is 0 Å². The molecular weight excluding hydrogens is 310 g/mol. The number of nitrogens with one attached hydrogen (secondary N) is 2. The molecule has 2 N–H and O–H groups in total. The molecule has 0 spiro atoms. The van der Waals surface area contributed by atoms with Gasteiger partial charge in [-0.1, -0.05) is 38.1 Å². The van der Waals surface area contributed by atoms with E-state index in [0.717, 1.165) is 42.6 Å². The summed E-state index contributed by atoms with van der Waals surface area (Å²) in [5.74, 6) is 3.01. The fourth-order valence-electron chi connectivity index (χ4n) is 5.66. The smallest absolute Gasteiger partial charge is 0.331 e. The van der Waals surface area contributed by atoms with Crippen LogP contribution in [0.5, 0.6) is 0 Å². The number of benzene rings is 1. The van der Waals surface area contributed by atoms with Gasteiger partial charge in [0.05, 0.1) is 6.21 Å². The van der Waals surface area contributed by atoms with Crippen molar-refractivity contribution in [3.05, 3.63) is 35.4 Å². The maximum absolute atomic E-state index is 12.3. The highest BCUT2D eigenvalue weighted by molar-refractivity contribution is 5.82. The van der Waals surface area contributed by atoms with Crippen molar-refractivity contribution < 1.29 is 4.79 Å². The van der Waals surface area contributed by atoms with Crippen LogP contribution in [0.3, 0.4) is 0 Å². The molecule has 0 saturated heterocycles. The first-order valence-electron chi connectivity index (χ1n) is 9.72. The van der Waals surface area contributed by atoms with E-state index in [9.17, 15) is 4.79 Å². The minimum absolute atomic E-state index is 0.0350. The molecule has 4 nitrogen and oxygen atoms in total. The SMILES string of the molecule is CC(C)c1ccc(C=NNC(=O)NC23CC4CC(CC(C4)C2)C3)cc1. The van der Waals surface area contributed by atoms with Gasteiger partial charge in [0.25, 0.3) is 0 Å². The average Bonchev–Trinajstić information content (AvgIpc) is 2.53. The molecule has 0 unspecified atom stereocenters. The molecule has 134 valence electrons. The monoisotopic (exact) mass is 339 g/mol. The Morgan fingerprint density at radius 1 is 1.08 bits per heavy atom. The maximum Gasteiger partial charge on any atom is 0.335 e. The second-order valence-corrected chi connectivity index (χ2v) is 8.84. The number of rotatable bonds is 4. The van der Waals surface area contributed by atoms with Crippen LogP contribution < -0.4 is 10.7 Å². The Kier molecular flexibility index (Phi) is 4.30. The molecule has 0 atom stereocenters. The zero-order valence-electron chi connectivity index (χ0n) is 15.3. The van der Waals surface area contributed by atoms with Crippen LogP contribution in [-0.4, -0.2) is 17.8 Å². The standard InChI is InChI=1S/C21H29N3O/c1-14(2)19-5-3-15(4-6-19)13-22-24-20(25)23-21-10-16-7-17(11-21)9-18(8-16)12-21/h3-6,13-14,16-18H,7-12H2,1-2H3,(H2,23,24,25). The molecule has 4 fully saturated rings. The number of hydrogen-bond donors (Lipinski definition) is 2. The van der Waals surface area contributed by atoms with Gasteiger partial charge in [0.2, 0.25) is 0 Å². The predicted molar refractivity (Wildman–Crippen MR) is 101 cm³/mol. The second kappa shape index (κ2) is 6.47. The van der Waals surface area contributed by atoms with Gasteiger partial charge in [0.15, 0.2) is 0 Å². The van der Waals surface area contributed by atoms with E-state index in [1.807, 2.05) is 12.1 Å². The van der Waals surface area contributed by atoms with Crippen molar-refractivity contribution >= 4 is 12.2 Å². The van der Waals surface area contributed by atoms with Gasteiger partial charge in [0.1, 0.15) is 0 Å². The number of carbonyl (C=O) groups excluding carboxylic acids is 1. The predicted octanol–water partition coefficient (Wildman–Crippen LogP) is 4.41. The summed E-state index contributed by atoms with van der Waals surface area (Å²) in [4.78, 5) is 12.3. The molecule has 4 saturated carbocycles. The fraction of sp³-hybridized carbons (Fsp3) is 0.619. The van der Waals surface area contributed by atoms with Gasteiger partial charge in [-0.3, -0.25) is 0 Å². The third-order valence-corrected chi connectivity index (χ3v) is 6.40. The molecule has 5 rings (SSSR count). The van der Waals surface area contributed by atoms with Crippen molar-refractivity contribution in [2.75, 3.05) is 0 Å². The van der Waals surface area contributed by atoms with E-state index in [1.54, 1.807) is 6.21 Å². The van der Waals surface area contributed by atoms with Crippen molar-refractivity contribution in [2.45, 2.75) is 63.8 Å². The van der Waals surface area contributed by atoms with Crippen molar-refractivity contribution in [3.63, 3.8) is 0 Å². The number of amides is 2. The summed E-state index contributed by atoms with van der Waals surface area (Å²) in [6, 6.07) is 8.15. The minimum Gasteiger partial charge on any atom is -0.331 e. The molecule has 0 radical (unpaired) electrons. The summed E-state index contributed by atoms with van der Waals surface area (Å²) >= 11 is 0. The Labute approximate surface area is 150 Å². The zero-order chi connectivity index (χ0) is 17.4. The number of carbonyl (C=O) groups is 1. The summed E-state index contributed by atoms with van der Waals surface area (Å²) in [5, 5.41) is 7.40. The normalized spacial score (nSPS) is 33.2. The molecule has 4 aliphatic rings. The first-order chi connectivity index (χ1) is 12.0. The van der Waals surface area contributed by atoms with E-state index in [1.165, 1.54) is 24.8 Å². The van der Waals surface area contributed by atoms with Gasteiger partial charge in [-0.15, -0.1) is 0 Å². The lowest BCUT2D eigenvalue weighted by molar-refractivity contribution is -0.0135. The molecule has 25 heavy (non-hydrogen) atoms. The number of nitrogens with zero attached hydrogens (tertiary/aromatic N) is 1. The summed E-state index contributed by atoms with van der Waals surface area (Å²) in [6.45, 7) is 4.36. The summed E-state index contributed by atoms with van der Waals surface area (Å²) in [6.07, 6.45) is 9.34. The highest BCUT2D eigenvalue weighted by Gasteiger charge is 2.51. The first kappa shape index (κ1) is 16.6. The van der Waals surface area contributed by atoms with Gasteiger partial charge in [-0.2, -0.15) is 5.10 Å². The van der Waals surface area contributed by atoms with Crippen LogP contribution in [0.4, 0.5) is 4.79 Å². The molecule has 1 aromatic carbocycles. The number of urea groups is 1. The highest BCUT2D eigenvalue weighted by atomic mass is 16.2. The molecule has 1 aromatic rings. The Bertz CT molecular complexity index is 627. The lowest BCUT2D eigenvalue weighted by Gasteiger charge is -2.56. The molecule has 4 aliphatic carbocycles. The Hall–Kier alpha value is -1.84. The van der Waals surface area contributed by atoms with Gasteiger partial charge < -0.3 is 5.32 Å². The lowest BCUT2D eigenvalue weighted by Crippen LogP contribution is -2.61. The largest absolute Gasteiger partial charge is 0.335 e. The minimum atomic E-state index is -0.156. The topological polar surface area (TPSA) is 53.5 Å². The molecular formula is C21H29N3O. The van der Waals surface area contributed by atoms with Crippen LogP contribution in [0.2, 0.25) is 0 Å². The third kappa shape index (κ3) is 3.58. The Morgan fingerprint density at radius 2 is 1.64 bits per heavy atom. The van der Waals surface area contributed by atoms with Crippen LogP contribution in [0.15, 0.2) is 29.4 Å². The van der Waals surface area contributed by atoms with E-state index in [4.69, 9.17) is 0 Å². The van der Waals surface area contributed by atoms with Gasteiger partial charge in [-0.05, 0) is 73.3 Å². The van der Waals surface area contributed by atoms with Gasteiger partial charge in [-0.25, -0.2) is 10.2 Å². The Balaban J connectivity index is 1.32. The summed E-state index contributed by atoms with van der Waals surface area (Å²) in [7, 11) is 0. The van der Waals surface area contributed by atoms with E-state index in [2.05, 4.69) is 41.8 Å². The van der Waals surface area contributed by atoms with E-state index >= 15 is 0 Å². The van der Waals surface area contributed by atoms with E-state index < -0.39 is 0 Å². The van der Waals surface area contributed by atoms with Crippen LogP contribution in [-0.2, 0) is 0 Å². The zero-order valence-corrected chi connectivity index (χ0v) is 15.3. The fourth-order valence-corrected chi connectivity index (χ4v) is 5.66. The molecule has 4 heteroatoms. The third-order valence-electron chi connectivity index (χ3n) is 6.40. The van der Waals surface area contributed by atoms with Gasteiger partial charge >= 0.3 is 6.03 Å². The summed E-state index contributed by atoms with van der Waals surface area (Å²) in [5.41, 5.74) is 5.01. The van der Waals surface area contributed by atoms with Crippen LogP contribution in [0, 0.1) is 17.8 Å². The van der Waals surface area contributed by atoms with Gasteiger partial charge in [0, 0.05) is 5.54 Å². The van der Waals surface area contributed by atoms with Crippen LogP contribution >= 0.6 is 0 Å². The lowest BCUT2D eigenvalue weighted by atomic mass is 9.53. The molecule has 4 bridgehead atoms. The molecule has 0 aliphatic heterocycles. The quantitative estimate of drug-likeness (QED) is 0.619. The number of hydrazone groups is 1. The van der Waals surface area contributed by atoms with Crippen molar-refractivity contribution in [2.24, 2.45) is 22.9 Å². The molecule has 0 heterocycles. The molecule has 2 amide bonds. The highest BCUT2D eigenvalue weighted by Crippen LogP contribution is 2.55. The molecule has 0 aromatic heterocycles. The summed E-state index contributed by atoms with van der Waals surface area (Å²) < 4.78 is 0. The van der Waals surface area contributed by atoms with E-state index in [0.29, 0.717) is 5.92 Å². The van der Waals surface area contributed by atoms with Crippen LogP contribution in [0.25, 0.3) is 0 Å². The van der Waals surface area contributed by atoms with E-state index in [-0.39, 0.29) is 11.6 Å². The first-order valence-corrected chi connectivity index (χ1v) is 9.72. The maximum atomic E-state index is 12.3. The van der Waals surface area contributed by atoms with Crippen LogP contribution in [0.1, 0.15) is 69.4 Å². The average molecular weight is 339 g/mol. The number of hydrogen-bond acceptors (Lipinski definition) is 2. The van der Waals surface area contributed by atoms with Crippen molar-refractivity contribution in [3.8, 4) is 0 Å². The Morgan fingerprint density at radius 3 is 2.16 bits per heavy atom. The second-order valence-electron chi connectivity index (χ2n) is 8.84.